The van der Waals surface area contributed by atoms with Gasteiger partial charge in [-0.05, 0) is 12.8 Å². The van der Waals surface area contributed by atoms with Gasteiger partial charge in [-0.2, -0.15) is 5.26 Å². The molecule has 3 heteroatoms. The van der Waals surface area contributed by atoms with Gasteiger partial charge >= 0.3 is 0 Å². The number of carbonyl (C=O) groups is 1. The van der Waals surface area contributed by atoms with Gasteiger partial charge in [-0.1, -0.05) is 0 Å². The van der Waals surface area contributed by atoms with Crippen LogP contribution >= 0.6 is 0 Å². The number of hydrogen-bond donors (Lipinski definition) is 1. The molecule has 1 fully saturated rings. The van der Waals surface area contributed by atoms with E-state index in [0.29, 0.717) is 12.8 Å². The van der Waals surface area contributed by atoms with Gasteiger partial charge in [-0.25, -0.2) is 0 Å². The normalized spacial score (nSPS) is 25.1. The first-order valence-electron chi connectivity index (χ1n) is 3.49. The highest BCUT2D eigenvalue weighted by Gasteiger charge is 2.16. The van der Waals surface area contributed by atoms with Crippen LogP contribution in [0.3, 0.4) is 0 Å². The van der Waals surface area contributed by atoms with Gasteiger partial charge in [-0.3, -0.25) is 4.79 Å². The van der Waals surface area contributed by atoms with E-state index >= 15 is 0 Å². The molecule has 54 valence electrons. The van der Waals surface area contributed by atoms with E-state index in [1.807, 2.05) is 6.07 Å². The van der Waals surface area contributed by atoms with Crippen LogP contribution in [0.25, 0.3) is 0 Å². The third-order valence-corrected chi connectivity index (χ3v) is 1.66. The Balaban J connectivity index is 2.34. The van der Waals surface area contributed by atoms with Crippen molar-refractivity contribution in [3.63, 3.8) is 0 Å². The lowest BCUT2D eigenvalue weighted by Gasteiger charge is -2.20. The molecule has 0 aromatic rings. The van der Waals surface area contributed by atoms with Crippen molar-refractivity contribution in [2.45, 2.75) is 31.7 Å². The van der Waals surface area contributed by atoms with E-state index in [1.165, 1.54) is 0 Å². The topological polar surface area (TPSA) is 52.9 Å². The van der Waals surface area contributed by atoms with Crippen molar-refractivity contribution in [2.75, 3.05) is 0 Å². The smallest absolute Gasteiger partial charge is 0.220 e. The maximum absolute atomic E-state index is 10.7. The van der Waals surface area contributed by atoms with E-state index in [2.05, 4.69) is 5.32 Å². The van der Waals surface area contributed by atoms with Gasteiger partial charge < -0.3 is 5.32 Å². The summed E-state index contributed by atoms with van der Waals surface area (Å²) in [6.07, 6.45) is 2.96. The summed E-state index contributed by atoms with van der Waals surface area (Å²) >= 11 is 0. The van der Waals surface area contributed by atoms with Gasteiger partial charge in [0.05, 0.1) is 12.5 Å². The molecule has 1 rings (SSSR count). The van der Waals surface area contributed by atoms with Gasteiger partial charge in [0.15, 0.2) is 0 Å². The Bertz CT molecular complexity index is 171. The lowest BCUT2D eigenvalue weighted by atomic mass is 10.0. The lowest BCUT2D eigenvalue weighted by Crippen LogP contribution is -2.38. The van der Waals surface area contributed by atoms with Crippen LogP contribution < -0.4 is 5.32 Å². The van der Waals surface area contributed by atoms with Crippen LogP contribution in [-0.4, -0.2) is 11.9 Å². The Morgan fingerprint density at radius 1 is 1.80 bits per heavy atom. The molecule has 0 spiro atoms. The molecule has 1 amide bonds. The summed E-state index contributed by atoms with van der Waals surface area (Å²) in [5.74, 6) is 0.0894. The summed E-state index contributed by atoms with van der Waals surface area (Å²) in [4.78, 5) is 10.7. The van der Waals surface area contributed by atoms with Crippen LogP contribution in [-0.2, 0) is 4.79 Å². The van der Waals surface area contributed by atoms with Crippen molar-refractivity contribution in [3.05, 3.63) is 0 Å². The van der Waals surface area contributed by atoms with Crippen LogP contribution in [0.2, 0.25) is 0 Å². The zero-order chi connectivity index (χ0) is 7.40. The summed E-state index contributed by atoms with van der Waals surface area (Å²) in [6.45, 7) is 0. The first kappa shape index (κ1) is 7.07. The van der Waals surface area contributed by atoms with Crippen molar-refractivity contribution in [1.29, 1.82) is 5.26 Å². The number of nitrogens with zero attached hydrogens (tertiary/aromatic N) is 1. The highest BCUT2D eigenvalue weighted by molar-refractivity contribution is 5.76. The molecule has 1 atom stereocenters. The molecule has 0 aromatic carbocycles. The van der Waals surface area contributed by atoms with Crippen LogP contribution in [0.1, 0.15) is 25.7 Å². The predicted octanol–water partition coefficient (Wildman–Crippen LogP) is 0.569. The molecule has 0 saturated carbocycles. The Hall–Kier alpha value is -1.04. The molecule has 0 aromatic heterocycles. The van der Waals surface area contributed by atoms with Crippen molar-refractivity contribution in [1.82, 2.24) is 5.32 Å². The zero-order valence-electron chi connectivity index (χ0n) is 5.76. The minimum atomic E-state index is 0.0894. The summed E-state index contributed by atoms with van der Waals surface area (Å²) in [5, 5.41) is 11.1. The molecular weight excluding hydrogens is 128 g/mol. The molecule has 1 saturated heterocycles. The standard InChI is InChI=1S/C7H10N2O/c8-5-4-6-2-1-3-7(10)9-6/h6H,1-4H2,(H,9,10)/t6-/m0/s1. The second-order valence-electron chi connectivity index (χ2n) is 2.52. The van der Waals surface area contributed by atoms with E-state index in [0.717, 1.165) is 12.8 Å². The molecule has 1 N–H and O–H groups in total. The Labute approximate surface area is 60.0 Å². The molecule has 1 aliphatic rings. The first-order valence-corrected chi connectivity index (χ1v) is 3.49. The fourth-order valence-corrected chi connectivity index (χ4v) is 1.14. The van der Waals surface area contributed by atoms with Crippen LogP contribution in [0, 0.1) is 11.3 Å². The molecule has 0 bridgehead atoms. The zero-order valence-corrected chi connectivity index (χ0v) is 5.76. The number of nitrogens with one attached hydrogen (secondary N) is 1. The van der Waals surface area contributed by atoms with Gasteiger partial charge in [0, 0.05) is 12.5 Å². The fourth-order valence-electron chi connectivity index (χ4n) is 1.14. The van der Waals surface area contributed by atoms with Crippen molar-refractivity contribution in [2.24, 2.45) is 0 Å². The van der Waals surface area contributed by atoms with Crippen LogP contribution in [0.4, 0.5) is 0 Å². The van der Waals surface area contributed by atoms with Gasteiger partial charge in [0.25, 0.3) is 0 Å². The SMILES string of the molecule is N#CC[C@@H]1CCCC(=O)N1. The minimum absolute atomic E-state index is 0.0894. The number of piperidine rings is 1. The molecule has 10 heavy (non-hydrogen) atoms. The fraction of sp³-hybridized carbons (Fsp3) is 0.714. The average Bonchev–Trinajstić information content (AvgIpc) is 1.88. The Kier molecular flexibility index (Phi) is 2.27. The van der Waals surface area contributed by atoms with E-state index in [4.69, 9.17) is 5.26 Å². The predicted molar refractivity (Wildman–Crippen MR) is 36.0 cm³/mol. The highest BCUT2D eigenvalue weighted by atomic mass is 16.1. The van der Waals surface area contributed by atoms with Crippen molar-refractivity contribution in [3.8, 4) is 6.07 Å². The minimum Gasteiger partial charge on any atom is -0.352 e. The van der Waals surface area contributed by atoms with Crippen molar-refractivity contribution < 1.29 is 4.79 Å². The number of hydrogen-bond acceptors (Lipinski definition) is 2. The third kappa shape index (κ3) is 1.73. The number of amides is 1. The number of nitriles is 1. The molecule has 0 radical (unpaired) electrons. The summed E-state index contributed by atoms with van der Waals surface area (Å²) in [7, 11) is 0. The van der Waals surface area contributed by atoms with Gasteiger partial charge in [0.2, 0.25) is 5.91 Å². The van der Waals surface area contributed by atoms with E-state index in [-0.39, 0.29) is 11.9 Å². The van der Waals surface area contributed by atoms with Gasteiger partial charge in [0.1, 0.15) is 0 Å². The first-order chi connectivity index (χ1) is 4.83. The molecule has 0 unspecified atom stereocenters. The van der Waals surface area contributed by atoms with Gasteiger partial charge in [-0.15, -0.1) is 0 Å². The quantitative estimate of drug-likeness (QED) is 0.575. The molecule has 0 aliphatic carbocycles. The van der Waals surface area contributed by atoms with E-state index < -0.39 is 0 Å². The third-order valence-electron chi connectivity index (χ3n) is 1.66. The Morgan fingerprint density at radius 2 is 2.60 bits per heavy atom. The maximum atomic E-state index is 10.7. The molecule has 1 aliphatic heterocycles. The second-order valence-corrected chi connectivity index (χ2v) is 2.52. The van der Waals surface area contributed by atoms with Crippen LogP contribution in [0.15, 0.2) is 0 Å². The molecule has 1 heterocycles. The summed E-state index contributed by atoms with van der Waals surface area (Å²) < 4.78 is 0. The molecular formula is C7H10N2O. The molecule has 3 nitrogen and oxygen atoms in total. The largest absolute Gasteiger partial charge is 0.352 e. The highest BCUT2D eigenvalue weighted by Crippen LogP contribution is 2.09. The number of rotatable bonds is 1. The van der Waals surface area contributed by atoms with E-state index in [9.17, 15) is 4.79 Å². The monoisotopic (exact) mass is 138 g/mol. The van der Waals surface area contributed by atoms with E-state index in [1.54, 1.807) is 0 Å². The average molecular weight is 138 g/mol. The second kappa shape index (κ2) is 3.21. The Morgan fingerprint density at radius 3 is 3.20 bits per heavy atom. The van der Waals surface area contributed by atoms with Crippen molar-refractivity contribution >= 4 is 5.91 Å². The van der Waals surface area contributed by atoms with Crippen LogP contribution in [0.5, 0.6) is 0 Å². The summed E-state index contributed by atoms with van der Waals surface area (Å²) in [6, 6.07) is 2.16. The maximum Gasteiger partial charge on any atom is 0.220 e. The summed E-state index contributed by atoms with van der Waals surface area (Å²) in [5.41, 5.74) is 0. The number of carbonyl (C=O) groups excluding carboxylic acids is 1. The lowest BCUT2D eigenvalue weighted by molar-refractivity contribution is -0.123.